The Balaban J connectivity index is 2.08. The summed E-state index contributed by atoms with van der Waals surface area (Å²) in [6.07, 6.45) is 5.40. The van der Waals surface area contributed by atoms with E-state index in [9.17, 15) is 0 Å². The molecule has 2 aromatic carbocycles. The van der Waals surface area contributed by atoms with Gasteiger partial charge in [-0.25, -0.2) is 0 Å². The summed E-state index contributed by atoms with van der Waals surface area (Å²) in [5, 5.41) is 3.28. The van der Waals surface area contributed by atoms with Gasteiger partial charge in [-0.1, -0.05) is 42.8 Å². The van der Waals surface area contributed by atoms with Crippen molar-refractivity contribution in [1.29, 1.82) is 0 Å². The zero-order chi connectivity index (χ0) is 21.0. The summed E-state index contributed by atoms with van der Waals surface area (Å²) in [7, 11) is 4.20. The maximum Gasteiger partial charge on any atom is 0.0691 e. The number of rotatable bonds is 6. The van der Waals surface area contributed by atoms with Crippen LogP contribution in [0.5, 0.6) is 0 Å². The van der Waals surface area contributed by atoms with Gasteiger partial charge in [0.1, 0.15) is 0 Å². The van der Waals surface area contributed by atoms with Crippen molar-refractivity contribution < 1.29 is 0 Å². The third-order valence-corrected chi connectivity index (χ3v) is 5.81. The van der Waals surface area contributed by atoms with Gasteiger partial charge in [-0.05, 0) is 69.0 Å². The lowest BCUT2D eigenvalue weighted by molar-refractivity contribution is 0.469. The van der Waals surface area contributed by atoms with Crippen molar-refractivity contribution in [3.63, 3.8) is 0 Å². The van der Waals surface area contributed by atoms with E-state index in [-0.39, 0.29) is 0 Å². The van der Waals surface area contributed by atoms with Crippen LogP contribution in [0.1, 0.15) is 46.7 Å². The molecule has 1 N–H and O–H groups in total. The SMILES string of the molecule is CCc1ccc2c(c1)CCN(C)/C2=C\C(CCNC)=N/c1c(C)cc(C)cc1C. The summed E-state index contributed by atoms with van der Waals surface area (Å²) >= 11 is 0. The predicted molar refractivity (Wildman–Crippen MR) is 126 cm³/mol. The minimum Gasteiger partial charge on any atom is -0.374 e. The van der Waals surface area contributed by atoms with Gasteiger partial charge in [0.15, 0.2) is 0 Å². The highest BCUT2D eigenvalue weighted by atomic mass is 15.1. The van der Waals surface area contributed by atoms with Crippen LogP contribution in [0.2, 0.25) is 0 Å². The fourth-order valence-electron chi connectivity index (χ4n) is 4.19. The highest BCUT2D eigenvalue weighted by molar-refractivity contribution is 6.02. The van der Waals surface area contributed by atoms with Crippen molar-refractivity contribution in [2.45, 2.75) is 47.0 Å². The Morgan fingerprint density at radius 3 is 2.52 bits per heavy atom. The Kier molecular flexibility index (Phi) is 6.92. The van der Waals surface area contributed by atoms with Crippen molar-refractivity contribution in [3.8, 4) is 0 Å². The average Bonchev–Trinajstić information content (AvgIpc) is 2.69. The summed E-state index contributed by atoms with van der Waals surface area (Å²) < 4.78 is 0. The van der Waals surface area contributed by atoms with Gasteiger partial charge in [0.05, 0.1) is 5.69 Å². The second kappa shape index (κ2) is 9.41. The Labute approximate surface area is 176 Å². The van der Waals surface area contributed by atoms with Gasteiger partial charge in [-0.15, -0.1) is 0 Å². The Morgan fingerprint density at radius 1 is 1.14 bits per heavy atom. The number of nitrogens with one attached hydrogen (secondary N) is 1. The van der Waals surface area contributed by atoms with Crippen molar-refractivity contribution >= 4 is 17.1 Å². The number of fused-ring (bicyclic) bond motifs is 1. The quantitative estimate of drug-likeness (QED) is 0.671. The van der Waals surface area contributed by atoms with Crippen LogP contribution in [0.3, 0.4) is 0 Å². The second-order valence-corrected chi connectivity index (χ2v) is 8.25. The first-order chi connectivity index (χ1) is 13.9. The molecule has 3 rings (SSSR count). The second-order valence-electron chi connectivity index (χ2n) is 8.25. The monoisotopic (exact) mass is 389 g/mol. The first-order valence-corrected chi connectivity index (χ1v) is 10.8. The summed E-state index contributed by atoms with van der Waals surface area (Å²) in [5.41, 5.74) is 11.5. The fraction of sp³-hybridized carbons (Fsp3) is 0.423. The lowest BCUT2D eigenvalue weighted by atomic mass is 9.93. The van der Waals surface area contributed by atoms with E-state index in [0.717, 1.165) is 43.8 Å². The van der Waals surface area contributed by atoms with Crippen LogP contribution < -0.4 is 5.32 Å². The molecule has 0 unspecified atom stereocenters. The van der Waals surface area contributed by atoms with Crippen LogP contribution in [0.15, 0.2) is 41.4 Å². The molecule has 0 amide bonds. The Hall–Kier alpha value is -2.39. The topological polar surface area (TPSA) is 27.6 Å². The van der Waals surface area contributed by atoms with E-state index in [0.29, 0.717) is 0 Å². The molecule has 1 aliphatic heterocycles. The molecule has 0 bridgehead atoms. The molecule has 0 spiro atoms. The fourth-order valence-corrected chi connectivity index (χ4v) is 4.19. The summed E-state index contributed by atoms with van der Waals surface area (Å²) in [6.45, 7) is 10.7. The lowest BCUT2D eigenvalue weighted by Gasteiger charge is -2.30. The van der Waals surface area contributed by atoms with Gasteiger partial charge in [-0.3, -0.25) is 4.99 Å². The minimum absolute atomic E-state index is 0.906. The number of hydrogen-bond donors (Lipinski definition) is 1. The molecule has 0 saturated heterocycles. The largest absolute Gasteiger partial charge is 0.374 e. The molecule has 0 aromatic heterocycles. The molecule has 0 aliphatic carbocycles. The van der Waals surface area contributed by atoms with Crippen molar-refractivity contribution in [2.75, 3.05) is 27.2 Å². The summed E-state index contributed by atoms with van der Waals surface area (Å²) in [4.78, 5) is 7.52. The molecule has 1 heterocycles. The van der Waals surface area contributed by atoms with Gasteiger partial charge in [0, 0.05) is 43.5 Å². The normalized spacial score (nSPS) is 15.7. The van der Waals surface area contributed by atoms with Crippen LogP contribution >= 0.6 is 0 Å². The van der Waals surface area contributed by atoms with E-state index in [4.69, 9.17) is 4.99 Å². The molecule has 3 heteroatoms. The highest BCUT2D eigenvalue weighted by Gasteiger charge is 2.19. The molecule has 0 fully saturated rings. The first kappa shape index (κ1) is 21.3. The van der Waals surface area contributed by atoms with Gasteiger partial charge in [-0.2, -0.15) is 0 Å². The number of nitrogens with zero attached hydrogens (tertiary/aromatic N) is 2. The van der Waals surface area contributed by atoms with E-state index in [2.05, 4.69) is 81.4 Å². The van der Waals surface area contributed by atoms with Crippen molar-refractivity contribution in [1.82, 2.24) is 10.2 Å². The Morgan fingerprint density at radius 2 is 1.86 bits per heavy atom. The van der Waals surface area contributed by atoms with Gasteiger partial charge in [0.2, 0.25) is 0 Å². The maximum atomic E-state index is 5.15. The maximum absolute atomic E-state index is 5.15. The third kappa shape index (κ3) is 4.97. The molecule has 3 nitrogen and oxygen atoms in total. The number of aliphatic imine (C=N–C) groups is 1. The van der Waals surface area contributed by atoms with E-state index < -0.39 is 0 Å². The van der Waals surface area contributed by atoms with E-state index in [1.165, 1.54) is 39.1 Å². The van der Waals surface area contributed by atoms with Crippen LogP contribution in [-0.4, -0.2) is 37.8 Å². The summed E-state index contributed by atoms with van der Waals surface area (Å²) in [6, 6.07) is 11.4. The van der Waals surface area contributed by atoms with E-state index >= 15 is 0 Å². The number of aryl methyl sites for hydroxylation is 4. The molecule has 29 heavy (non-hydrogen) atoms. The van der Waals surface area contributed by atoms with Gasteiger partial charge in [0.25, 0.3) is 0 Å². The van der Waals surface area contributed by atoms with Gasteiger partial charge < -0.3 is 10.2 Å². The minimum atomic E-state index is 0.906. The molecule has 0 radical (unpaired) electrons. The number of hydrogen-bond acceptors (Lipinski definition) is 3. The molecule has 0 atom stereocenters. The smallest absolute Gasteiger partial charge is 0.0691 e. The molecule has 2 aromatic rings. The molecule has 0 saturated carbocycles. The highest BCUT2D eigenvalue weighted by Crippen LogP contribution is 2.30. The van der Waals surface area contributed by atoms with Crippen molar-refractivity contribution in [3.05, 3.63) is 69.8 Å². The number of likely N-dealkylation sites (N-methyl/N-ethyl adjacent to an activating group) is 1. The number of allylic oxidation sites excluding steroid dienone is 1. The summed E-state index contributed by atoms with van der Waals surface area (Å²) in [5.74, 6) is 0. The van der Waals surface area contributed by atoms with Crippen molar-refractivity contribution in [2.24, 2.45) is 4.99 Å². The average molecular weight is 390 g/mol. The van der Waals surface area contributed by atoms with Crippen LogP contribution in [-0.2, 0) is 12.8 Å². The van der Waals surface area contributed by atoms with E-state index in [1.807, 2.05) is 7.05 Å². The third-order valence-electron chi connectivity index (χ3n) is 5.81. The lowest BCUT2D eigenvalue weighted by Crippen LogP contribution is -2.26. The zero-order valence-corrected chi connectivity index (χ0v) is 18.9. The van der Waals surface area contributed by atoms with E-state index in [1.54, 1.807) is 0 Å². The van der Waals surface area contributed by atoms with Crippen LogP contribution in [0, 0.1) is 20.8 Å². The predicted octanol–water partition coefficient (Wildman–Crippen LogP) is 5.39. The zero-order valence-electron chi connectivity index (χ0n) is 18.9. The van der Waals surface area contributed by atoms with Crippen LogP contribution in [0.4, 0.5) is 5.69 Å². The Bertz CT molecular complexity index is 914. The molecule has 1 aliphatic rings. The molecular weight excluding hydrogens is 354 g/mol. The van der Waals surface area contributed by atoms with Crippen LogP contribution in [0.25, 0.3) is 5.70 Å². The van der Waals surface area contributed by atoms with Gasteiger partial charge >= 0.3 is 0 Å². The standard InChI is InChI=1S/C26H35N3/c1-7-21-8-9-24-22(16-21)11-13-29(6)25(24)17-23(10-12-27-5)28-26-19(3)14-18(2)15-20(26)4/h8-9,14-17,27H,7,10-13H2,1-6H3/b25-17-,28-23-. The first-order valence-electron chi connectivity index (χ1n) is 10.8. The molecular formula is C26H35N3. The molecule has 154 valence electrons. The number of benzene rings is 2.